The molecule has 2 atom stereocenters. The zero-order chi connectivity index (χ0) is 13.4. The lowest BCUT2D eigenvalue weighted by Crippen LogP contribution is -2.48. The summed E-state index contributed by atoms with van der Waals surface area (Å²) in [7, 11) is 0. The first-order chi connectivity index (χ1) is 9.15. The number of anilines is 1. The van der Waals surface area contributed by atoms with E-state index in [9.17, 15) is 4.79 Å². The highest BCUT2D eigenvalue weighted by molar-refractivity contribution is 5.83. The first-order valence-corrected chi connectivity index (χ1v) is 6.78. The molecule has 3 N–H and O–H groups in total. The molecule has 19 heavy (non-hydrogen) atoms. The SMILES string of the molecule is CC1CCN(c2cc3ccccc3c(=O)[nH]2)CC1N. The van der Waals surface area contributed by atoms with Crippen LogP contribution in [-0.2, 0) is 0 Å². The van der Waals surface area contributed by atoms with Crippen molar-refractivity contribution in [3.05, 3.63) is 40.7 Å². The van der Waals surface area contributed by atoms with Crippen LogP contribution in [0.15, 0.2) is 35.1 Å². The number of aromatic nitrogens is 1. The van der Waals surface area contributed by atoms with E-state index in [1.807, 2.05) is 30.3 Å². The number of piperidine rings is 1. The highest BCUT2D eigenvalue weighted by Gasteiger charge is 2.23. The van der Waals surface area contributed by atoms with Gasteiger partial charge in [-0.2, -0.15) is 0 Å². The minimum Gasteiger partial charge on any atom is -0.357 e. The second-order valence-corrected chi connectivity index (χ2v) is 5.45. The van der Waals surface area contributed by atoms with Crippen LogP contribution in [0.4, 0.5) is 5.82 Å². The minimum atomic E-state index is -0.0275. The summed E-state index contributed by atoms with van der Waals surface area (Å²) in [6, 6.07) is 9.87. The van der Waals surface area contributed by atoms with Gasteiger partial charge in [-0.15, -0.1) is 0 Å². The molecule has 4 heteroatoms. The average molecular weight is 257 g/mol. The highest BCUT2D eigenvalue weighted by Crippen LogP contribution is 2.22. The molecular weight excluding hydrogens is 238 g/mol. The maximum atomic E-state index is 12.1. The predicted octanol–water partition coefficient (Wildman–Crippen LogP) is 1.70. The van der Waals surface area contributed by atoms with Crippen LogP contribution in [0.1, 0.15) is 13.3 Å². The summed E-state index contributed by atoms with van der Waals surface area (Å²) < 4.78 is 0. The van der Waals surface area contributed by atoms with Crippen LogP contribution in [0.3, 0.4) is 0 Å². The lowest BCUT2D eigenvalue weighted by atomic mass is 9.94. The summed E-state index contributed by atoms with van der Waals surface area (Å²) in [4.78, 5) is 17.2. The Balaban J connectivity index is 1.99. The van der Waals surface area contributed by atoms with Crippen molar-refractivity contribution in [3.63, 3.8) is 0 Å². The van der Waals surface area contributed by atoms with E-state index in [4.69, 9.17) is 5.73 Å². The summed E-state index contributed by atoms with van der Waals surface area (Å²) in [5.74, 6) is 1.43. The second-order valence-electron chi connectivity index (χ2n) is 5.45. The Morgan fingerprint density at radius 3 is 2.95 bits per heavy atom. The fraction of sp³-hybridized carbons (Fsp3) is 0.400. The van der Waals surface area contributed by atoms with Gasteiger partial charge in [0.25, 0.3) is 5.56 Å². The topological polar surface area (TPSA) is 62.1 Å². The zero-order valence-electron chi connectivity index (χ0n) is 11.1. The number of aromatic amines is 1. The third-order valence-electron chi connectivity index (χ3n) is 4.10. The van der Waals surface area contributed by atoms with E-state index in [0.29, 0.717) is 5.92 Å². The van der Waals surface area contributed by atoms with Crippen molar-refractivity contribution in [3.8, 4) is 0 Å². The van der Waals surface area contributed by atoms with Crippen LogP contribution in [-0.4, -0.2) is 24.1 Å². The van der Waals surface area contributed by atoms with Crippen LogP contribution in [0.2, 0.25) is 0 Å². The molecule has 1 aromatic carbocycles. The molecule has 4 nitrogen and oxygen atoms in total. The smallest absolute Gasteiger partial charge is 0.257 e. The summed E-state index contributed by atoms with van der Waals surface area (Å²) in [6.07, 6.45) is 1.07. The van der Waals surface area contributed by atoms with Gasteiger partial charge in [-0.3, -0.25) is 4.79 Å². The van der Waals surface area contributed by atoms with Crippen molar-refractivity contribution >= 4 is 16.6 Å². The summed E-state index contributed by atoms with van der Waals surface area (Å²) in [6.45, 7) is 3.93. The van der Waals surface area contributed by atoms with Crippen molar-refractivity contribution in [1.29, 1.82) is 0 Å². The Hall–Kier alpha value is -1.81. The number of benzene rings is 1. The molecule has 2 aromatic rings. The quantitative estimate of drug-likeness (QED) is 0.817. The molecule has 100 valence electrons. The second kappa shape index (κ2) is 4.70. The van der Waals surface area contributed by atoms with Crippen LogP contribution in [0.25, 0.3) is 10.8 Å². The first-order valence-electron chi connectivity index (χ1n) is 6.78. The van der Waals surface area contributed by atoms with E-state index < -0.39 is 0 Å². The number of nitrogens with one attached hydrogen (secondary N) is 1. The lowest BCUT2D eigenvalue weighted by Gasteiger charge is -2.36. The standard InChI is InChI=1S/C15H19N3O/c1-10-6-7-18(9-13(10)16)14-8-11-4-2-3-5-12(11)15(19)17-14/h2-5,8,10,13H,6-7,9,16H2,1H3,(H,17,19). The molecular formula is C15H19N3O. The Labute approximate surface area is 112 Å². The minimum absolute atomic E-state index is 0.0275. The fourth-order valence-corrected chi connectivity index (χ4v) is 2.69. The van der Waals surface area contributed by atoms with Crippen molar-refractivity contribution in [2.45, 2.75) is 19.4 Å². The number of hydrogen-bond donors (Lipinski definition) is 2. The number of fused-ring (bicyclic) bond motifs is 1. The van der Waals surface area contributed by atoms with Crippen molar-refractivity contribution in [2.75, 3.05) is 18.0 Å². The molecule has 2 heterocycles. The molecule has 1 aromatic heterocycles. The molecule has 1 aliphatic heterocycles. The molecule has 0 saturated carbocycles. The third-order valence-corrected chi connectivity index (χ3v) is 4.10. The van der Waals surface area contributed by atoms with E-state index in [1.54, 1.807) is 0 Å². The molecule has 0 radical (unpaired) electrons. The van der Waals surface area contributed by atoms with Gasteiger partial charge >= 0.3 is 0 Å². The fourth-order valence-electron chi connectivity index (χ4n) is 2.69. The van der Waals surface area contributed by atoms with Gasteiger partial charge in [-0.25, -0.2) is 0 Å². The summed E-state index contributed by atoms with van der Waals surface area (Å²) >= 11 is 0. The van der Waals surface area contributed by atoms with Crippen molar-refractivity contribution < 1.29 is 0 Å². The van der Waals surface area contributed by atoms with E-state index in [0.717, 1.165) is 36.1 Å². The number of nitrogens with two attached hydrogens (primary N) is 1. The van der Waals surface area contributed by atoms with Gasteiger partial charge in [0.2, 0.25) is 0 Å². The largest absolute Gasteiger partial charge is 0.357 e. The average Bonchev–Trinajstić information content (AvgIpc) is 2.42. The zero-order valence-corrected chi connectivity index (χ0v) is 11.1. The monoisotopic (exact) mass is 257 g/mol. The van der Waals surface area contributed by atoms with Crippen LogP contribution in [0.5, 0.6) is 0 Å². The Kier molecular flexibility index (Phi) is 3.03. The molecule has 3 rings (SSSR count). The number of rotatable bonds is 1. The van der Waals surface area contributed by atoms with Gasteiger partial charge in [0.1, 0.15) is 5.82 Å². The molecule has 1 fully saturated rings. The van der Waals surface area contributed by atoms with E-state index in [2.05, 4.69) is 16.8 Å². The molecule has 0 spiro atoms. The highest BCUT2D eigenvalue weighted by atomic mass is 16.1. The van der Waals surface area contributed by atoms with Gasteiger partial charge < -0.3 is 15.6 Å². The van der Waals surface area contributed by atoms with Gasteiger partial charge in [0.15, 0.2) is 0 Å². The predicted molar refractivity (Wildman–Crippen MR) is 78.5 cm³/mol. The van der Waals surface area contributed by atoms with E-state index in [-0.39, 0.29) is 11.6 Å². The summed E-state index contributed by atoms with van der Waals surface area (Å²) in [5, 5.41) is 1.72. The Morgan fingerprint density at radius 2 is 2.16 bits per heavy atom. The molecule has 0 amide bonds. The first kappa shape index (κ1) is 12.2. The van der Waals surface area contributed by atoms with Gasteiger partial charge in [0.05, 0.1) is 0 Å². The maximum Gasteiger partial charge on any atom is 0.257 e. The van der Waals surface area contributed by atoms with E-state index in [1.165, 1.54) is 0 Å². The summed E-state index contributed by atoms with van der Waals surface area (Å²) in [5.41, 5.74) is 6.10. The lowest BCUT2D eigenvalue weighted by molar-refractivity contribution is 0.378. The van der Waals surface area contributed by atoms with Gasteiger partial charge in [-0.1, -0.05) is 25.1 Å². The Bertz CT molecular complexity index is 649. The van der Waals surface area contributed by atoms with Crippen molar-refractivity contribution in [2.24, 2.45) is 11.7 Å². The molecule has 1 aliphatic rings. The van der Waals surface area contributed by atoms with Gasteiger partial charge in [0, 0.05) is 24.5 Å². The molecule has 0 aliphatic carbocycles. The third kappa shape index (κ3) is 2.24. The van der Waals surface area contributed by atoms with E-state index >= 15 is 0 Å². The number of pyridine rings is 1. The van der Waals surface area contributed by atoms with Crippen LogP contribution in [0, 0.1) is 5.92 Å². The van der Waals surface area contributed by atoms with Crippen molar-refractivity contribution in [1.82, 2.24) is 4.98 Å². The molecule has 0 bridgehead atoms. The number of hydrogen-bond acceptors (Lipinski definition) is 3. The molecule has 2 unspecified atom stereocenters. The molecule has 1 saturated heterocycles. The van der Waals surface area contributed by atoms with Gasteiger partial charge in [-0.05, 0) is 29.9 Å². The maximum absolute atomic E-state index is 12.1. The van der Waals surface area contributed by atoms with Crippen LogP contribution >= 0.6 is 0 Å². The number of H-pyrrole nitrogens is 1. The number of nitrogens with zero attached hydrogens (tertiary/aromatic N) is 1. The van der Waals surface area contributed by atoms with Crippen LogP contribution < -0.4 is 16.2 Å². The normalized spacial score (nSPS) is 23.8. The Morgan fingerprint density at radius 1 is 1.37 bits per heavy atom.